The molecule has 0 fully saturated rings. The van der Waals surface area contributed by atoms with Crippen LogP contribution in [0, 0.1) is 0 Å². The van der Waals surface area contributed by atoms with Crippen LogP contribution >= 0.6 is 34.8 Å². The smallest absolute Gasteiger partial charge is 0.356 e. The van der Waals surface area contributed by atoms with Crippen molar-refractivity contribution in [3.8, 4) is 5.75 Å². The van der Waals surface area contributed by atoms with Gasteiger partial charge in [-0.25, -0.2) is 4.98 Å². The zero-order chi connectivity index (χ0) is 17.4. The van der Waals surface area contributed by atoms with E-state index in [4.69, 9.17) is 39.0 Å². The second kappa shape index (κ2) is 6.89. The van der Waals surface area contributed by atoms with Crippen molar-refractivity contribution in [3.63, 3.8) is 0 Å². The van der Waals surface area contributed by atoms with Gasteiger partial charge in [0.25, 0.3) is 0 Å². The number of halogens is 3. The number of benzene rings is 1. The summed E-state index contributed by atoms with van der Waals surface area (Å²) in [4.78, 5) is 4.29. The predicted octanol–water partition coefficient (Wildman–Crippen LogP) is 4.36. The highest BCUT2D eigenvalue weighted by Crippen LogP contribution is 2.30. The molecule has 0 saturated carbocycles. The monoisotopic (exact) mass is 396 g/mol. The van der Waals surface area contributed by atoms with Crippen molar-refractivity contribution in [3.05, 3.63) is 39.8 Å². The molecule has 1 heterocycles. The van der Waals surface area contributed by atoms with Crippen LogP contribution in [0.2, 0.25) is 10.0 Å². The highest BCUT2D eigenvalue weighted by atomic mass is 35.5. The lowest BCUT2D eigenvalue weighted by Crippen LogP contribution is -2.16. The van der Waals surface area contributed by atoms with Gasteiger partial charge in [0, 0.05) is 29.2 Å². The summed E-state index contributed by atoms with van der Waals surface area (Å²) in [5.74, 6) is 0.455. The number of hydrogen-bond donors (Lipinski definition) is 0. The summed E-state index contributed by atoms with van der Waals surface area (Å²) in [6.45, 7) is 3.69. The molecular weight excluding hydrogens is 383 g/mol. The van der Waals surface area contributed by atoms with E-state index in [0.717, 1.165) is 0 Å². The zero-order valence-electron chi connectivity index (χ0n) is 12.7. The Morgan fingerprint density at radius 3 is 2.26 bits per heavy atom. The number of nitrogens with zero attached hydrogens (tertiary/aromatic N) is 2. The lowest BCUT2D eigenvalue weighted by atomic mass is 10.2. The molecule has 0 aliphatic carbocycles. The summed E-state index contributed by atoms with van der Waals surface area (Å²) in [6, 6.07) is 4.23. The number of rotatable bonds is 5. The van der Waals surface area contributed by atoms with Gasteiger partial charge in [0.1, 0.15) is 11.6 Å². The summed E-state index contributed by atoms with van der Waals surface area (Å²) in [5, 5.41) is 0.524. The summed E-state index contributed by atoms with van der Waals surface area (Å²) in [7, 11) is -2.54. The molecule has 0 bridgehead atoms. The van der Waals surface area contributed by atoms with Crippen LogP contribution in [-0.4, -0.2) is 18.0 Å². The average Bonchev–Trinajstić information content (AvgIpc) is 2.74. The Kier molecular flexibility index (Phi) is 5.51. The normalized spacial score (nSPS) is 12.0. The summed E-state index contributed by atoms with van der Waals surface area (Å²) < 4.78 is 32.0. The van der Waals surface area contributed by atoms with Crippen molar-refractivity contribution in [1.29, 1.82) is 0 Å². The lowest BCUT2D eigenvalue weighted by Gasteiger charge is -2.11. The van der Waals surface area contributed by atoms with Crippen molar-refractivity contribution in [2.24, 2.45) is 7.05 Å². The Balaban J connectivity index is 2.53. The standard InChI is InChI=1S/C14H15Cl3N2O3S/c1-8(2)13-14(19(3)12(7-15)18-13)23(20,21)22-11-5-9(16)4-10(17)6-11/h4-6,8H,7H2,1-3H3. The average molecular weight is 398 g/mol. The Morgan fingerprint density at radius 2 is 1.78 bits per heavy atom. The molecule has 0 N–H and O–H groups in total. The van der Waals surface area contributed by atoms with E-state index in [9.17, 15) is 8.42 Å². The van der Waals surface area contributed by atoms with Crippen LogP contribution in [0.3, 0.4) is 0 Å². The van der Waals surface area contributed by atoms with E-state index in [0.29, 0.717) is 11.5 Å². The summed E-state index contributed by atoms with van der Waals surface area (Å²) in [5.41, 5.74) is 0.399. The topological polar surface area (TPSA) is 61.2 Å². The molecular formula is C14H15Cl3N2O3S. The maximum Gasteiger partial charge on any atom is 0.356 e. The second-order valence-corrected chi connectivity index (χ2v) is 7.81. The molecule has 2 aromatic rings. The molecule has 1 aromatic heterocycles. The van der Waals surface area contributed by atoms with Crippen LogP contribution in [0.15, 0.2) is 23.2 Å². The molecule has 126 valence electrons. The molecule has 23 heavy (non-hydrogen) atoms. The molecule has 0 spiro atoms. The van der Waals surface area contributed by atoms with Gasteiger partial charge in [-0.1, -0.05) is 37.0 Å². The first-order valence-electron chi connectivity index (χ1n) is 6.67. The van der Waals surface area contributed by atoms with Crippen molar-refractivity contribution >= 4 is 44.9 Å². The minimum atomic E-state index is -4.12. The fraction of sp³-hybridized carbons (Fsp3) is 0.357. The van der Waals surface area contributed by atoms with E-state index in [2.05, 4.69) is 4.98 Å². The third-order valence-electron chi connectivity index (χ3n) is 3.11. The molecule has 1 aromatic carbocycles. The van der Waals surface area contributed by atoms with Gasteiger partial charge in [0.05, 0.1) is 11.6 Å². The van der Waals surface area contributed by atoms with Gasteiger partial charge < -0.3 is 8.75 Å². The van der Waals surface area contributed by atoms with Crippen molar-refractivity contribution in [2.75, 3.05) is 0 Å². The number of alkyl halides is 1. The zero-order valence-corrected chi connectivity index (χ0v) is 15.8. The predicted molar refractivity (Wildman–Crippen MR) is 91.1 cm³/mol. The van der Waals surface area contributed by atoms with Crippen LogP contribution in [0.1, 0.15) is 31.3 Å². The van der Waals surface area contributed by atoms with Gasteiger partial charge in [-0.05, 0) is 12.0 Å². The molecule has 0 unspecified atom stereocenters. The Bertz CT molecular complexity index is 812. The maximum absolute atomic E-state index is 12.7. The third-order valence-corrected chi connectivity index (χ3v) is 5.15. The fourth-order valence-corrected chi connectivity index (χ4v) is 4.24. The molecule has 0 aliphatic heterocycles. The van der Waals surface area contributed by atoms with Gasteiger partial charge in [-0.2, -0.15) is 8.42 Å². The second-order valence-electron chi connectivity index (χ2n) is 5.21. The van der Waals surface area contributed by atoms with Crippen LogP contribution in [0.5, 0.6) is 5.75 Å². The highest BCUT2D eigenvalue weighted by molar-refractivity contribution is 7.87. The number of imidazole rings is 1. The lowest BCUT2D eigenvalue weighted by molar-refractivity contribution is 0.474. The van der Waals surface area contributed by atoms with E-state index in [-0.39, 0.29) is 32.6 Å². The van der Waals surface area contributed by atoms with Gasteiger partial charge in [0.15, 0.2) is 5.03 Å². The fourth-order valence-electron chi connectivity index (χ4n) is 2.09. The molecule has 0 atom stereocenters. The van der Waals surface area contributed by atoms with Crippen LogP contribution in [0.4, 0.5) is 0 Å². The van der Waals surface area contributed by atoms with Gasteiger partial charge in [0.2, 0.25) is 0 Å². The van der Waals surface area contributed by atoms with Gasteiger partial charge >= 0.3 is 10.1 Å². The van der Waals surface area contributed by atoms with Gasteiger partial charge in [-0.15, -0.1) is 11.6 Å². The summed E-state index contributed by atoms with van der Waals surface area (Å²) >= 11 is 17.6. The van der Waals surface area contributed by atoms with Crippen LogP contribution in [0.25, 0.3) is 0 Å². The quantitative estimate of drug-likeness (QED) is 0.555. The van der Waals surface area contributed by atoms with E-state index >= 15 is 0 Å². The summed E-state index contributed by atoms with van der Waals surface area (Å²) in [6.07, 6.45) is 0. The van der Waals surface area contributed by atoms with E-state index in [1.807, 2.05) is 13.8 Å². The van der Waals surface area contributed by atoms with Crippen molar-refractivity contribution < 1.29 is 12.6 Å². The Labute approximate surface area is 150 Å². The van der Waals surface area contributed by atoms with Crippen molar-refractivity contribution in [2.45, 2.75) is 30.7 Å². The maximum atomic E-state index is 12.7. The third kappa shape index (κ3) is 3.94. The molecule has 0 aliphatic rings. The van der Waals surface area contributed by atoms with Gasteiger partial charge in [-0.3, -0.25) is 0 Å². The Hall–Kier alpha value is -0.950. The van der Waals surface area contributed by atoms with E-state index in [1.165, 1.54) is 22.8 Å². The largest absolute Gasteiger partial charge is 0.378 e. The number of aromatic nitrogens is 2. The van der Waals surface area contributed by atoms with Crippen molar-refractivity contribution in [1.82, 2.24) is 9.55 Å². The minimum Gasteiger partial charge on any atom is -0.378 e. The Morgan fingerprint density at radius 1 is 1.22 bits per heavy atom. The number of hydrogen-bond acceptors (Lipinski definition) is 4. The van der Waals surface area contributed by atoms with E-state index in [1.54, 1.807) is 7.05 Å². The molecule has 5 nitrogen and oxygen atoms in total. The highest BCUT2D eigenvalue weighted by Gasteiger charge is 2.29. The molecule has 0 amide bonds. The molecule has 2 rings (SSSR count). The first-order chi connectivity index (χ1) is 10.7. The first kappa shape index (κ1) is 18.4. The first-order valence-corrected chi connectivity index (χ1v) is 9.37. The molecule has 9 heteroatoms. The SMILES string of the molecule is CC(C)c1nc(CCl)n(C)c1S(=O)(=O)Oc1cc(Cl)cc(Cl)c1. The van der Waals surface area contributed by atoms with E-state index < -0.39 is 10.1 Å². The minimum absolute atomic E-state index is 0.0285. The van der Waals surface area contributed by atoms with Crippen LogP contribution in [-0.2, 0) is 23.0 Å². The molecule has 0 saturated heterocycles. The molecule has 0 radical (unpaired) electrons. The van der Waals surface area contributed by atoms with Crippen LogP contribution < -0.4 is 4.18 Å².